The van der Waals surface area contributed by atoms with Crippen molar-refractivity contribution < 1.29 is 4.79 Å². The molecule has 1 N–H and O–H groups in total. The molecule has 0 saturated heterocycles. The molecule has 3 heteroatoms. The Morgan fingerprint density at radius 3 is 2.00 bits per heavy atom. The van der Waals surface area contributed by atoms with E-state index in [9.17, 15) is 4.79 Å². The minimum Gasteiger partial charge on any atom is -0.289 e. The fourth-order valence-electron chi connectivity index (χ4n) is 0.349. The summed E-state index contributed by atoms with van der Waals surface area (Å²) in [4.78, 5) is 10.8. The van der Waals surface area contributed by atoms with E-state index in [0.29, 0.717) is 0 Å². The third kappa shape index (κ3) is 3.97. The number of nitrogens with zero attached hydrogens (tertiary/aromatic N) is 1. The highest BCUT2D eigenvalue weighted by atomic mass is 16.2. The Balaban J connectivity index is 3.51. The molecule has 0 aromatic carbocycles. The molecule has 0 aliphatic carbocycles. The van der Waals surface area contributed by atoms with Crippen LogP contribution in [-0.2, 0) is 4.79 Å². The molecule has 0 aromatic rings. The lowest BCUT2D eigenvalue weighted by molar-refractivity contribution is -0.127. The lowest BCUT2D eigenvalue weighted by Crippen LogP contribution is -2.38. The van der Waals surface area contributed by atoms with Gasteiger partial charge in [0.15, 0.2) is 0 Å². The minimum absolute atomic E-state index is 0.0556. The van der Waals surface area contributed by atoms with Crippen LogP contribution in [0.5, 0.6) is 0 Å². The second-order valence-electron chi connectivity index (χ2n) is 2.53. The van der Waals surface area contributed by atoms with Gasteiger partial charge in [0.1, 0.15) is 0 Å². The van der Waals surface area contributed by atoms with Gasteiger partial charge in [0.2, 0.25) is 5.91 Å². The lowest BCUT2D eigenvalue weighted by Gasteiger charge is -2.13. The van der Waals surface area contributed by atoms with Crippen molar-refractivity contribution in [2.24, 2.45) is 5.92 Å². The average Bonchev–Trinajstić information content (AvgIpc) is 1.63. The van der Waals surface area contributed by atoms with Gasteiger partial charge in [-0.1, -0.05) is 13.8 Å². The Morgan fingerprint density at radius 2 is 1.89 bits per heavy atom. The molecule has 0 atom stereocenters. The van der Waals surface area contributed by atoms with Crippen molar-refractivity contribution in [2.45, 2.75) is 13.8 Å². The molecule has 0 unspecified atom stereocenters. The summed E-state index contributed by atoms with van der Waals surface area (Å²) in [6.45, 7) is 3.72. The van der Waals surface area contributed by atoms with Gasteiger partial charge in [-0.3, -0.25) is 10.2 Å². The molecule has 0 saturated carbocycles. The highest BCUT2D eigenvalue weighted by Crippen LogP contribution is 1.89. The van der Waals surface area contributed by atoms with E-state index in [1.54, 1.807) is 19.1 Å². The smallest absolute Gasteiger partial charge is 0.236 e. The number of hydrazine groups is 1. The fraction of sp³-hybridized carbons (Fsp3) is 0.833. The Hall–Kier alpha value is -0.570. The molecule has 0 radical (unpaired) electrons. The summed E-state index contributed by atoms with van der Waals surface area (Å²) >= 11 is 0. The second kappa shape index (κ2) is 3.45. The van der Waals surface area contributed by atoms with E-state index in [2.05, 4.69) is 5.43 Å². The maximum atomic E-state index is 10.8. The van der Waals surface area contributed by atoms with E-state index in [4.69, 9.17) is 0 Å². The number of carbonyl (C=O) groups excluding carboxylic acids is 1. The maximum Gasteiger partial charge on any atom is 0.236 e. The van der Waals surface area contributed by atoms with Gasteiger partial charge in [-0.2, -0.15) is 0 Å². The molecule has 0 aliphatic rings. The van der Waals surface area contributed by atoms with Crippen LogP contribution in [0.2, 0.25) is 0 Å². The van der Waals surface area contributed by atoms with E-state index in [0.717, 1.165) is 0 Å². The number of hydrogen-bond donors (Lipinski definition) is 1. The molecule has 0 rings (SSSR count). The topological polar surface area (TPSA) is 32.3 Å². The molecule has 3 nitrogen and oxygen atoms in total. The van der Waals surface area contributed by atoms with Crippen molar-refractivity contribution in [1.29, 1.82) is 0 Å². The third-order valence-corrected chi connectivity index (χ3v) is 0.858. The molecule has 1 amide bonds. The van der Waals surface area contributed by atoms with Crippen molar-refractivity contribution in [1.82, 2.24) is 10.4 Å². The van der Waals surface area contributed by atoms with Crippen molar-refractivity contribution in [2.75, 3.05) is 14.1 Å². The van der Waals surface area contributed by atoms with E-state index in [-0.39, 0.29) is 11.8 Å². The van der Waals surface area contributed by atoms with E-state index >= 15 is 0 Å². The first-order valence-corrected chi connectivity index (χ1v) is 3.02. The van der Waals surface area contributed by atoms with Gasteiger partial charge in [0, 0.05) is 20.0 Å². The molecule has 0 aliphatic heterocycles. The number of amides is 1. The first-order valence-electron chi connectivity index (χ1n) is 3.02. The van der Waals surface area contributed by atoms with Crippen LogP contribution in [0.15, 0.2) is 0 Å². The van der Waals surface area contributed by atoms with Gasteiger partial charge < -0.3 is 0 Å². The van der Waals surface area contributed by atoms with Gasteiger partial charge in [-0.15, -0.1) is 0 Å². The zero-order valence-corrected chi connectivity index (χ0v) is 6.43. The van der Waals surface area contributed by atoms with E-state index in [1.165, 1.54) is 0 Å². The summed E-state index contributed by atoms with van der Waals surface area (Å²) in [6, 6.07) is 0. The zero-order chi connectivity index (χ0) is 7.44. The Labute approximate surface area is 56.0 Å². The van der Waals surface area contributed by atoms with Gasteiger partial charge in [-0.25, -0.2) is 5.01 Å². The van der Waals surface area contributed by atoms with Gasteiger partial charge in [0.05, 0.1) is 0 Å². The van der Waals surface area contributed by atoms with Gasteiger partial charge >= 0.3 is 0 Å². The Bertz CT molecular complexity index is 99.2. The summed E-state index contributed by atoms with van der Waals surface area (Å²) in [5, 5.41) is 1.64. The van der Waals surface area contributed by atoms with Crippen molar-refractivity contribution in [3.63, 3.8) is 0 Å². The highest BCUT2D eigenvalue weighted by molar-refractivity contribution is 5.77. The second-order valence-corrected chi connectivity index (χ2v) is 2.53. The maximum absolute atomic E-state index is 10.8. The summed E-state index contributed by atoms with van der Waals surface area (Å²) in [5.74, 6) is 0.118. The standard InChI is InChI=1S/C6H14N2O/c1-5(2)6(9)7-8(3)4/h5H,1-4H3,(H,7,9). The van der Waals surface area contributed by atoms with Crippen LogP contribution in [0.25, 0.3) is 0 Å². The molecular formula is C6H14N2O. The van der Waals surface area contributed by atoms with Crippen LogP contribution in [-0.4, -0.2) is 25.0 Å². The van der Waals surface area contributed by atoms with Gasteiger partial charge in [0.25, 0.3) is 0 Å². The SMILES string of the molecule is CC(C)C(=O)NN(C)C. The average molecular weight is 130 g/mol. The molecule has 0 aromatic heterocycles. The van der Waals surface area contributed by atoms with Gasteiger partial charge in [-0.05, 0) is 0 Å². The Morgan fingerprint density at radius 1 is 1.44 bits per heavy atom. The first-order chi connectivity index (χ1) is 4.04. The minimum atomic E-state index is 0.0556. The van der Waals surface area contributed by atoms with E-state index < -0.39 is 0 Å². The summed E-state index contributed by atoms with van der Waals surface area (Å²) in [6.07, 6.45) is 0. The predicted molar refractivity (Wildman–Crippen MR) is 36.7 cm³/mol. The highest BCUT2D eigenvalue weighted by Gasteiger charge is 2.05. The summed E-state index contributed by atoms with van der Waals surface area (Å²) in [7, 11) is 3.58. The summed E-state index contributed by atoms with van der Waals surface area (Å²) in [5.41, 5.74) is 2.64. The van der Waals surface area contributed by atoms with Crippen molar-refractivity contribution >= 4 is 5.91 Å². The molecular weight excluding hydrogens is 116 g/mol. The number of carbonyl (C=O) groups is 1. The molecule has 0 spiro atoms. The van der Waals surface area contributed by atoms with Crippen molar-refractivity contribution in [3.05, 3.63) is 0 Å². The lowest BCUT2D eigenvalue weighted by atomic mass is 10.2. The van der Waals surface area contributed by atoms with Crippen LogP contribution >= 0.6 is 0 Å². The van der Waals surface area contributed by atoms with E-state index in [1.807, 2.05) is 13.8 Å². The molecule has 0 bridgehead atoms. The molecule has 54 valence electrons. The van der Waals surface area contributed by atoms with Crippen LogP contribution in [0, 0.1) is 5.92 Å². The summed E-state index contributed by atoms with van der Waals surface area (Å²) < 4.78 is 0. The number of rotatable bonds is 2. The van der Waals surface area contributed by atoms with Crippen molar-refractivity contribution in [3.8, 4) is 0 Å². The monoisotopic (exact) mass is 130 g/mol. The normalized spacial score (nSPS) is 10.4. The Kier molecular flexibility index (Phi) is 3.24. The zero-order valence-electron chi connectivity index (χ0n) is 6.43. The largest absolute Gasteiger partial charge is 0.289 e. The fourth-order valence-corrected chi connectivity index (χ4v) is 0.349. The molecule has 0 heterocycles. The predicted octanol–water partition coefficient (Wildman–Crippen LogP) is 0.235. The third-order valence-electron chi connectivity index (χ3n) is 0.858. The van der Waals surface area contributed by atoms with Crippen LogP contribution < -0.4 is 5.43 Å². The first kappa shape index (κ1) is 8.43. The van der Waals surface area contributed by atoms with Crippen LogP contribution in [0.1, 0.15) is 13.8 Å². The molecule has 9 heavy (non-hydrogen) atoms. The quantitative estimate of drug-likeness (QED) is 0.543. The number of nitrogens with one attached hydrogen (secondary N) is 1. The van der Waals surface area contributed by atoms with Crippen LogP contribution in [0.4, 0.5) is 0 Å². The molecule has 0 fully saturated rings. The number of hydrogen-bond acceptors (Lipinski definition) is 2. The van der Waals surface area contributed by atoms with Crippen LogP contribution in [0.3, 0.4) is 0 Å².